The van der Waals surface area contributed by atoms with Crippen LogP contribution in [-0.2, 0) is 9.59 Å². The van der Waals surface area contributed by atoms with Crippen LogP contribution in [0.3, 0.4) is 0 Å². The SMILES string of the molecule is O=C(O)C1CCN(C(=O)CSCC(O)CO)CC1. The van der Waals surface area contributed by atoms with Gasteiger partial charge in [-0.2, -0.15) is 0 Å². The average molecular weight is 277 g/mol. The third-order valence-corrected chi connectivity index (χ3v) is 4.01. The fourth-order valence-corrected chi connectivity index (χ4v) is 2.65. The van der Waals surface area contributed by atoms with Crippen LogP contribution in [0, 0.1) is 5.92 Å². The molecular formula is C11H19NO5S. The molecule has 1 aliphatic heterocycles. The van der Waals surface area contributed by atoms with Crippen molar-refractivity contribution in [3.05, 3.63) is 0 Å². The Hall–Kier alpha value is -0.790. The standard InChI is InChI=1S/C11H19NO5S/c13-5-9(14)6-18-7-10(15)12-3-1-8(2-4-12)11(16)17/h8-9,13-14H,1-7H2,(H,16,17). The smallest absolute Gasteiger partial charge is 0.306 e. The zero-order valence-electron chi connectivity index (χ0n) is 10.1. The van der Waals surface area contributed by atoms with Crippen LogP contribution in [0.4, 0.5) is 0 Å². The van der Waals surface area contributed by atoms with Crippen LogP contribution >= 0.6 is 11.8 Å². The lowest BCUT2D eigenvalue weighted by Gasteiger charge is -2.30. The molecule has 0 aromatic carbocycles. The number of carboxylic acid groups (broad SMARTS) is 1. The van der Waals surface area contributed by atoms with E-state index in [1.54, 1.807) is 4.90 Å². The summed E-state index contributed by atoms with van der Waals surface area (Å²) in [6, 6.07) is 0. The van der Waals surface area contributed by atoms with Crippen LogP contribution < -0.4 is 0 Å². The number of carbonyl (C=O) groups is 2. The molecule has 1 rings (SSSR count). The summed E-state index contributed by atoms with van der Waals surface area (Å²) in [5, 5.41) is 26.6. The van der Waals surface area contributed by atoms with Crippen LogP contribution in [0.1, 0.15) is 12.8 Å². The van der Waals surface area contributed by atoms with E-state index >= 15 is 0 Å². The number of aliphatic hydroxyl groups is 2. The van der Waals surface area contributed by atoms with E-state index in [2.05, 4.69) is 0 Å². The summed E-state index contributed by atoms with van der Waals surface area (Å²) in [6.45, 7) is 0.670. The molecule has 104 valence electrons. The fraction of sp³-hybridized carbons (Fsp3) is 0.818. The van der Waals surface area contributed by atoms with Gasteiger partial charge >= 0.3 is 5.97 Å². The number of aliphatic carboxylic acids is 1. The second-order valence-corrected chi connectivity index (χ2v) is 5.38. The Morgan fingerprint density at radius 3 is 2.44 bits per heavy atom. The van der Waals surface area contributed by atoms with Gasteiger partial charge in [0, 0.05) is 18.8 Å². The van der Waals surface area contributed by atoms with Crippen molar-refractivity contribution >= 4 is 23.6 Å². The van der Waals surface area contributed by atoms with E-state index in [1.165, 1.54) is 11.8 Å². The molecule has 1 fully saturated rings. The number of rotatable bonds is 6. The van der Waals surface area contributed by atoms with Crippen molar-refractivity contribution in [1.29, 1.82) is 0 Å². The number of carbonyl (C=O) groups excluding carboxylic acids is 1. The Balaban J connectivity index is 2.22. The maximum atomic E-state index is 11.8. The van der Waals surface area contributed by atoms with E-state index in [0.717, 1.165) is 0 Å². The molecule has 3 N–H and O–H groups in total. The maximum Gasteiger partial charge on any atom is 0.306 e. The number of thioether (sulfide) groups is 1. The van der Waals surface area contributed by atoms with Crippen molar-refractivity contribution in [2.45, 2.75) is 18.9 Å². The van der Waals surface area contributed by atoms with E-state index in [0.29, 0.717) is 31.7 Å². The summed E-state index contributed by atoms with van der Waals surface area (Å²) < 4.78 is 0. The molecule has 0 saturated carbocycles. The van der Waals surface area contributed by atoms with Gasteiger partial charge in [-0.1, -0.05) is 0 Å². The number of piperidine rings is 1. The summed E-state index contributed by atoms with van der Waals surface area (Å²) in [6.07, 6.45) is 0.219. The van der Waals surface area contributed by atoms with Gasteiger partial charge in [0.15, 0.2) is 0 Å². The molecule has 6 nitrogen and oxygen atoms in total. The quantitative estimate of drug-likeness (QED) is 0.599. The zero-order valence-corrected chi connectivity index (χ0v) is 10.9. The van der Waals surface area contributed by atoms with Gasteiger partial charge in [0.25, 0.3) is 0 Å². The normalized spacial score (nSPS) is 18.7. The molecule has 1 heterocycles. The van der Waals surface area contributed by atoms with Crippen molar-refractivity contribution in [1.82, 2.24) is 4.90 Å². The molecule has 0 radical (unpaired) electrons. The minimum atomic E-state index is -0.791. The fourth-order valence-electron chi connectivity index (χ4n) is 1.80. The molecule has 1 unspecified atom stereocenters. The van der Waals surface area contributed by atoms with Gasteiger partial charge in [0.05, 0.1) is 24.4 Å². The number of likely N-dealkylation sites (tertiary alicyclic amines) is 1. The Morgan fingerprint density at radius 2 is 1.94 bits per heavy atom. The molecule has 0 aliphatic carbocycles. The van der Waals surface area contributed by atoms with E-state index in [9.17, 15) is 9.59 Å². The number of aliphatic hydroxyl groups excluding tert-OH is 2. The molecule has 18 heavy (non-hydrogen) atoms. The number of hydrogen-bond donors (Lipinski definition) is 3. The first-order valence-corrected chi connectivity index (χ1v) is 7.07. The van der Waals surface area contributed by atoms with E-state index in [4.69, 9.17) is 15.3 Å². The summed E-state index contributed by atoms with van der Waals surface area (Å²) in [5.74, 6) is -0.572. The summed E-state index contributed by atoms with van der Waals surface area (Å²) >= 11 is 1.28. The van der Waals surface area contributed by atoms with Crippen LogP contribution in [0.2, 0.25) is 0 Å². The van der Waals surface area contributed by atoms with Crippen LogP contribution in [0.5, 0.6) is 0 Å². The first-order valence-electron chi connectivity index (χ1n) is 5.91. The summed E-state index contributed by atoms with van der Waals surface area (Å²) in [7, 11) is 0. The molecule has 0 aromatic heterocycles. The minimum Gasteiger partial charge on any atom is -0.481 e. The molecular weight excluding hydrogens is 258 g/mol. The third kappa shape index (κ3) is 4.83. The molecule has 1 saturated heterocycles. The largest absolute Gasteiger partial charge is 0.481 e. The van der Waals surface area contributed by atoms with Gasteiger partial charge in [0.2, 0.25) is 5.91 Å². The van der Waals surface area contributed by atoms with Crippen molar-refractivity contribution in [2.24, 2.45) is 5.92 Å². The molecule has 7 heteroatoms. The lowest BCUT2D eigenvalue weighted by Crippen LogP contribution is -2.41. The highest BCUT2D eigenvalue weighted by Crippen LogP contribution is 2.18. The minimum absolute atomic E-state index is 0.0334. The molecule has 1 atom stereocenters. The second kappa shape index (κ2) is 7.60. The summed E-state index contributed by atoms with van der Waals surface area (Å²) in [5.41, 5.74) is 0. The molecule has 1 amide bonds. The Kier molecular flexibility index (Phi) is 6.45. The highest BCUT2D eigenvalue weighted by Gasteiger charge is 2.26. The number of hydrogen-bond acceptors (Lipinski definition) is 5. The Labute approximate surface area is 110 Å². The highest BCUT2D eigenvalue weighted by molar-refractivity contribution is 7.99. The van der Waals surface area contributed by atoms with Gasteiger partial charge < -0.3 is 20.2 Å². The predicted octanol–water partition coefficient (Wildman–Crippen LogP) is -0.604. The van der Waals surface area contributed by atoms with Crippen molar-refractivity contribution < 1.29 is 24.9 Å². The van der Waals surface area contributed by atoms with Crippen LogP contribution in [0.15, 0.2) is 0 Å². The lowest BCUT2D eigenvalue weighted by molar-refractivity contribution is -0.145. The molecule has 1 aliphatic rings. The number of nitrogens with zero attached hydrogens (tertiary/aromatic N) is 1. The van der Waals surface area contributed by atoms with Crippen molar-refractivity contribution in [3.63, 3.8) is 0 Å². The van der Waals surface area contributed by atoms with Gasteiger partial charge in [-0.25, -0.2) is 0 Å². The highest BCUT2D eigenvalue weighted by atomic mass is 32.2. The van der Waals surface area contributed by atoms with Gasteiger partial charge in [-0.15, -0.1) is 11.8 Å². The maximum absolute atomic E-state index is 11.8. The summed E-state index contributed by atoms with van der Waals surface area (Å²) in [4.78, 5) is 24.2. The van der Waals surface area contributed by atoms with Crippen LogP contribution in [-0.4, -0.2) is 69.4 Å². The van der Waals surface area contributed by atoms with E-state index in [-0.39, 0.29) is 24.2 Å². The van der Waals surface area contributed by atoms with Gasteiger partial charge in [0.1, 0.15) is 0 Å². The van der Waals surface area contributed by atoms with Crippen molar-refractivity contribution in [3.8, 4) is 0 Å². The van der Waals surface area contributed by atoms with Crippen molar-refractivity contribution in [2.75, 3.05) is 31.2 Å². The lowest BCUT2D eigenvalue weighted by atomic mass is 9.97. The van der Waals surface area contributed by atoms with E-state index in [1.807, 2.05) is 0 Å². The zero-order chi connectivity index (χ0) is 13.5. The first kappa shape index (κ1) is 15.3. The topological polar surface area (TPSA) is 98.1 Å². The number of carboxylic acids is 1. The van der Waals surface area contributed by atoms with Crippen LogP contribution in [0.25, 0.3) is 0 Å². The average Bonchev–Trinajstić information content (AvgIpc) is 2.38. The predicted molar refractivity (Wildman–Crippen MR) is 67.4 cm³/mol. The Bertz CT molecular complexity index is 291. The first-order chi connectivity index (χ1) is 8.54. The van der Waals surface area contributed by atoms with Gasteiger partial charge in [-0.3, -0.25) is 9.59 Å². The molecule has 0 aromatic rings. The number of amides is 1. The van der Waals surface area contributed by atoms with Gasteiger partial charge in [-0.05, 0) is 12.8 Å². The molecule has 0 spiro atoms. The third-order valence-electron chi connectivity index (χ3n) is 2.94. The monoisotopic (exact) mass is 277 g/mol. The van der Waals surface area contributed by atoms with E-state index < -0.39 is 12.1 Å². The second-order valence-electron chi connectivity index (χ2n) is 4.34. The molecule has 0 bridgehead atoms. The Morgan fingerprint density at radius 1 is 1.33 bits per heavy atom.